The van der Waals surface area contributed by atoms with Crippen LogP contribution in [-0.4, -0.2) is 12.5 Å². The van der Waals surface area contributed by atoms with Crippen LogP contribution in [-0.2, 0) is 4.79 Å². The fourth-order valence-electron chi connectivity index (χ4n) is 2.69. The molecule has 1 unspecified atom stereocenters. The number of carbonyl (C=O) groups excluding carboxylic acids is 1. The number of hydrogen-bond acceptors (Lipinski definition) is 2. The van der Waals surface area contributed by atoms with Gasteiger partial charge in [0.25, 0.3) is 5.91 Å². The smallest absolute Gasteiger partial charge is 0.258 e. The lowest BCUT2D eigenvalue weighted by Gasteiger charge is -2.17. The molecule has 1 atom stereocenters. The van der Waals surface area contributed by atoms with Crippen molar-refractivity contribution < 1.29 is 13.9 Å². The zero-order valence-corrected chi connectivity index (χ0v) is 13.3. The SMILES string of the molecule is CC(NC(=O)COc1ccccc1F)c1cccc2ccccc12. The Hall–Kier alpha value is -2.88. The van der Waals surface area contributed by atoms with E-state index in [1.807, 2.05) is 49.4 Å². The Balaban J connectivity index is 1.67. The van der Waals surface area contributed by atoms with E-state index in [0.717, 1.165) is 16.3 Å². The molecule has 1 N–H and O–H groups in total. The summed E-state index contributed by atoms with van der Waals surface area (Å²) in [6.45, 7) is 1.69. The van der Waals surface area contributed by atoms with Crippen LogP contribution in [0.25, 0.3) is 10.8 Å². The Labute approximate surface area is 140 Å². The Morgan fingerprint density at radius 1 is 1.04 bits per heavy atom. The third kappa shape index (κ3) is 3.54. The Bertz CT molecular complexity index is 858. The standard InChI is InChI=1S/C20H18FNO2/c1-14(16-10-6-8-15-7-2-3-9-17(15)16)22-20(23)13-24-19-12-5-4-11-18(19)21/h2-12,14H,13H2,1H3,(H,22,23). The number of carbonyl (C=O) groups is 1. The lowest BCUT2D eigenvalue weighted by atomic mass is 10.00. The van der Waals surface area contributed by atoms with E-state index in [-0.39, 0.29) is 24.3 Å². The second kappa shape index (κ2) is 7.13. The summed E-state index contributed by atoms with van der Waals surface area (Å²) >= 11 is 0. The van der Waals surface area contributed by atoms with Gasteiger partial charge in [0, 0.05) is 0 Å². The molecule has 0 aliphatic heterocycles. The predicted molar refractivity (Wildman–Crippen MR) is 92.4 cm³/mol. The minimum Gasteiger partial charge on any atom is -0.481 e. The van der Waals surface area contributed by atoms with E-state index >= 15 is 0 Å². The molecule has 0 fully saturated rings. The third-order valence-electron chi connectivity index (χ3n) is 3.86. The van der Waals surface area contributed by atoms with Crippen LogP contribution in [0.1, 0.15) is 18.5 Å². The largest absolute Gasteiger partial charge is 0.481 e. The van der Waals surface area contributed by atoms with E-state index < -0.39 is 5.82 Å². The second-order valence-corrected chi connectivity index (χ2v) is 5.58. The van der Waals surface area contributed by atoms with Crippen LogP contribution in [0, 0.1) is 5.82 Å². The maximum atomic E-state index is 13.5. The highest BCUT2D eigenvalue weighted by Crippen LogP contribution is 2.24. The third-order valence-corrected chi connectivity index (χ3v) is 3.86. The van der Waals surface area contributed by atoms with Crippen LogP contribution in [0.5, 0.6) is 5.75 Å². The van der Waals surface area contributed by atoms with Gasteiger partial charge in [0.05, 0.1) is 6.04 Å². The van der Waals surface area contributed by atoms with Gasteiger partial charge in [-0.15, -0.1) is 0 Å². The van der Waals surface area contributed by atoms with E-state index in [0.29, 0.717) is 0 Å². The summed E-state index contributed by atoms with van der Waals surface area (Å²) < 4.78 is 18.7. The van der Waals surface area contributed by atoms with Gasteiger partial charge < -0.3 is 10.1 Å². The molecule has 3 nitrogen and oxygen atoms in total. The lowest BCUT2D eigenvalue weighted by Crippen LogP contribution is -2.31. The number of amides is 1. The highest BCUT2D eigenvalue weighted by Gasteiger charge is 2.13. The number of rotatable bonds is 5. The molecule has 0 aliphatic carbocycles. The van der Waals surface area contributed by atoms with E-state index in [9.17, 15) is 9.18 Å². The fraction of sp³-hybridized carbons (Fsp3) is 0.150. The van der Waals surface area contributed by atoms with Gasteiger partial charge in [-0.05, 0) is 35.4 Å². The number of benzene rings is 3. The van der Waals surface area contributed by atoms with Crippen LogP contribution in [0.4, 0.5) is 4.39 Å². The van der Waals surface area contributed by atoms with Crippen molar-refractivity contribution in [3.8, 4) is 5.75 Å². The van der Waals surface area contributed by atoms with Gasteiger partial charge in [0.2, 0.25) is 0 Å². The minimum absolute atomic E-state index is 0.0745. The number of ether oxygens (including phenoxy) is 1. The van der Waals surface area contributed by atoms with Crippen LogP contribution < -0.4 is 10.1 Å². The number of para-hydroxylation sites is 1. The summed E-state index contributed by atoms with van der Waals surface area (Å²) in [6, 6.07) is 19.9. The number of fused-ring (bicyclic) bond motifs is 1. The molecule has 3 aromatic carbocycles. The van der Waals surface area contributed by atoms with Crippen molar-refractivity contribution in [3.05, 3.63) is 78.1 Å². The molecule has 0 heterocycles. The molecular formula is C20H18FNO2. The van der Waals surface area contributed by atoms with Crippen LogP contribution in [0.3, 0.4) is 0 Å². The summed E-state index contributed by atoms with van der Waals surface area (Å²) in [5, 5.41) is 5.12. The normalized spacial score (nSPS) is 11.9. The first kappa shape index (κ1) is 16.0. The Morgan fingerprint density at radius 3 is 2.58 bits per heavy atom. The number of nitrogens with one attached hydrogen (secondary N) is 1. The van der Waals surface area contributed by atoms with Crippen molar-refractivity contribution in [1.29, 1.82) is 0 Å². The highest BCUT2D eigenvalue weighted by atomic mass is 19.1. The minimum atomic E-state index is -0.479. The maximum absolute atomic E-state index is 13.5. The molecule has 24 heavy (non-hydrogen) atoms. The zero-order chi connectivity index (χ0) is 16.9. The number of halogens is 1. The first-order valence-electron chi connectivity index (χ1n) is 7.79. The molecule has 0 aliphatic rings. The van der Waals surface area contributed by atoms with Gasteiger partial charge >= 0.3 is 0 Å². The molecule has 0 radical (unpaired) electrons. The molecule has 3 rings (SSSR count). The van der Waals surface area contributed by atoms with Gasteiger partial charge in [0.15, 0.2) is 18.2 Å². The quantitative estimate of drug-likeness (QED) is 0.763. The molecular weight excluding hydrogens is 305 g/mol. The summed E-state index contributed by atoms with van der Waals surface area (Å²) in [7, 11) is 0. The van der Waals surface area contributed by atoms with Crippen molar-refractivity contribution in [3.63, 3.8) is 0 Å². The first-order chi connectivity index (χ1) is 11.6. The Morgan fingerprint density at radius 2 is 1.75 bits per heavy atom. The molecule has 1 amide bonds. The van der Waals surface area contributed by atoms with Gasteiger partial charge in [-0.2, -0.15) is 0 Å². The van der Waals surface area contributed by atoms with Crippen molar-refractivity contribution in [2.24, 2.45) is 0 Å². The van der Waals surface area contributed by atoms with E-state index in [4.69, 9.17) is 4.74 Å². The van der Waals surface area contributed by atoms with Gasteiger partial charge in [-0.25, -0.2) is 4.39 Å². The average Bonchev–Trinajstić information content (AvgIpc) is 2.60. The van der Waals surface area contributed by atoms with E-state index in [2.05, 4.69) is 5.32 Å². The van der Waals surface area contributed by atoms with Crippen molar-refractivity contribution in [2.45, 2.75) is 13.0 Å². The second-order valence-electron chi connectivity index (χ2n) is 5.58. The predicted octanol–water partition coefficient (Wildman–Crippen LogP) is 4.24. The number of hydrogen-bond donors (Lipinski definition) is 1. The summed E-state index contributed by atoms with van der Waals surface area (Å²) in [5.41, 5.74) is 1.03. The lowest BCUT2D eigenvalue weighted by molar-refractivity contribution is -0.123. The van der Waals surface area contributed by atoms with Crippen molar-refractivity contribution >= 4 is 16.7 Å². The van der Waals surface area contributed by atoms with Crippen molar-refractivity contribution in [2.75, 3.05) is 6.61 Å². The molecule has 0 saturated heterocycles. The molecule has 0 bridgehead atoms. The molecule has 122 valence electrons. The first-order valence-corrected chi connectivity index (χ1v) is 7.79. The van der Waals surface area contributed by atoms with Gasteiger partial charge in [0.1, 0.15) is 0 Å². The zero-order valence-electron chi connectivity index (χ0n) is 13.3. The molecule has 0 spiro atoms. The summed E-state index contributed by atoms with van der Waals surface area (Å²) in [6.07, 6.45) is 0. The van der Waals surface area contributed by atoms with E-state index in [1.165, 1.54) is 12.1 Å². The highest BCUT2D eigenvalue weighted by molar-refractivity contribution is 5.87. The monoisotopic (exact) mass is 323 g/mol. The fourth-order valence-corrected chi connectivity index (χ4v) is 2.69. The van der Waals surface area contributed by atoms with Crippen LogP contribution in [0.2, 0.25) is 0 Å². The molecule has 0 saturated carbocycles. The van der Waals surface area contributed by atoms with Gasteiger partial charge in [-0.1, -0.05) is 54.6 Å². The molecule has 0 aromatic heterocycles. The van der Waals surface area contributed by atoms with Crippen molar-refractivity contribution in [1.82, 2.24) is 5.32 Å². The average molecular weight is 323 g/mol. The van der Waals surface area contributed by atoms with Gasteiger partial charge in [-0.3, -0.25) is 4.79 Å². The topological polar surface area (TPSA) is 38.3 Å². The van der Waals surface area contributed by atoms with Crippen LogP contribution in [0.15, 0.2) is 66.7 Å². The summed E-state index contributed by atoms with van der Waals surface area (Å²) in [4.78, 5) is 12.1. The summed E-state index contributed by atoms with van der Waals surface area (Å²) in [5.74, 6) is -0.698. The maximum Gasteiger partial charge on any atom is 0.258 e. The molecule has 4 heteroatoms. The molecule has 3 aromatic rings. The van der Waals surface area contributed by atoms with E-state index in [1.54, 1.807) is 12.1 Å². The van der Waals surface area contributed by atoms with Crippen LogP contribution >= 0.6 is 0 Å². The Kier molecular flexibility index (Phi) is 4.75.